The van der Waals surface area contributed by atoms with E-state index in [2.05, 4.69) is 10.6 Å². The van der Waals surface area contributed by atoms with Gasteiger partial charge in [0.1, 0.15) is 21.3 Å². The van der Waals surface area contributed by atoms with E-state index >= 15 is 0 Å². The third-order valence-electron chi connectivity index (χ3n) is 6.07. The minimum Gasteiger partial charge on any atom is -0.497 e. The molecule has 0 unspecified atom stereocenters. The molecular formula is C26H21FN5O3S+. The van der Waals surface area contributed by atoms with Crippen LogP contribution in [-0.2, 0) is 0 Å². The SMILES string of the molecule is COc1ccc(-c2cc(-c3cccc(F)c3)c3c(N)c(C(=O)Nc4c[n+](C5CC5)no4)sc3n2)cc1. The molecule has 2 aromatic carbocycles. The Kier molecular flexibility index (Phi) is 5.37. The van der Waals surface area contributed by atoms with Gasteiger partial charge in [0.15, 0.2) is 6.04 Å². The van der Waals surface area contributed by atoms with Crippen LogP contribution in [0.2, 0.25) is 0 Å². The fourth-order valence-electron chi connectivity index (χ4n) is 4.08. The van der Waals surface area contributed by atoms with Crippen molar-refractivity contribution in [2.75, 3.05) is 18.2 Å². The molecule has 0 radical (unpaired) electrons. The van der Waals surface area contributed by atoms with E-state index in [1.807, 2.05) is 30.3 Å². The first-order chi connectivity index (χ1) is 17.5. The number of aromatic nitrogens is 3. The van der Waals surface area contributed by atoms with Crippen molar-refractivity contribution in [2.24, 2.45) is 0 Å². The third-order valence-corrected chi connectivity index (χ3v) is 7.17. The average molecular weight is 503 g/mol. The summed E-state index contributed by atoms with van der Waals surface area (Å²) in [5, 5.41) is 7.28. The van der Waals surface area contributed by atoms with Crippen LogP contribution in [0.25, 0.3) is 32.6 Å². The molecule has 10 heteroatoms. The first-order valence-corrected chi connectivity index (χ1v) is 12.1. The highest BCUT2D eigenvalue weighted by Gasteiger charge is 2.36. The van der Waals surface area contributed by atoms with Crippen LogP contribution in [0.3, 0.4) is 0 Å². The molecule has 1 fully saturated rings. The average Bonchev–Trinajstić information content (AvgIpc) is 3.55. The fraction of sp³-hybridized carbons (Fsp3) is 0.154. The van der Waals surface area contributed by atoms with Crippen LogP contribution in [0.15, 0.2) is 65.3 Å². The molecule has 1 aliphatic rings. The van der Waals surface area contributed by atoms with Crippen molar-refractivity contribution in [3.63, 3.8) is 0 Å². The lowest BCUT2D eigenvalue weighted by molar-refractivity contribution is -0.765. The van der Waals surface area contributed by atoms with Crippen molar-refractivity contribution in [3.8, 4) is 28.1 Å². The van der Waals surface area contributed by atoms with Gasteiger partial charge in [0.2, 0.25) is 5.27 Å². The lowest BCUT2D eigenvalue weighted by Crippen LogP contribution is -2.32. The highest BCUT2D eigenvalue weighted by molar-refractivity contribution is 7.21. The molecule has 0 atom stereocenters. The van der Waals surface area contributed by atoms with Crippen LogP contribution >= 0.6 is 11.3 Å². The first-order valence-electron chi connectivity index (χ1n) is 11.3. The second-order valence-corrected chi connectivity index (χ2v) is 9.55. The zero-order valence-electron chi connectivity index (χ0n) is 19.2. The number of carbonyl (C=O) groups is 1. The molecule has 5 aromatic rings. The molecule has 3 N–H and O–H groups in total. The minimum atomic E-state index is -0.425. The van der Waals surface area contributed by atoms with E-state index in [1.54, 1.807) is 30.1 Å². The number of hydrogen-bond donors (Lipinski definition) is 2. The molecule has 8 nitrogen and oxygen atoms in total. The number of pyridine rings is 1. The molecule has 1 saturated carbocycles. The number of fused-ring (bicyclic) bond motifs is 1. The smallest absolute Gasteiger partial charge is 0.302 e. The number of carbonyl (C=O) groups excluding carboxylic acids is 1. The van der Waals surface area contributed by atoms with E-state index in [0.29, 0.717) is 33.1 Å². The number of hydrogen-bond acceptors (Lipinski definition) is 7. The van der Waals surface area contributed by atoms with Gasteiger partial charge < -0.3 is 10.5 Å². The van der Waals surface area contributed by atoms with Gasteiger partial charge in [-0.05, 0) is 58.3 Å². The van der Waals surface area contributed by atoms with E-state index < -0.39 is 5.91 Å². The maximum Gasteiger partial charge on any atom is 0.302 e. The Balaban J connectivity index is 1.45. The van der Waals surface area contributed by atoms with Crippen LogP contribution in [0.1, 0.15) is 28.6 Å². The number of nitrogens with zero attached hydrogens (tertiary/aromatic N) is 3. The zero-order chi connectivity index (χ0) is 24.8. The predicted octanol–water partition coefficient (Wildman–Crippen LogP) is 5.22. The van der Waals surface area contributed by atoms with Gasteiger partial charge in [-0.3, -0.25) is 14.6 Å². The molecule has 0 spiro atoms. The Morgan fingerprint density at radius 2 is 2.00 bits per heavy atom. The third kappa shape index (κ3) is 4.05. The fourth-order valence-corrected chi connectivity index (χ4v) is 5.09. The number of halogens is 1. The van der Waals surface area contributed by atoms with Gasteiger partial charge in [0.05, 0.1) is 18.5 Å². The molecule has 3 heterocycles. The Hall–Kier alpha value is -4.31. The number of ether oxygens (including phenoxy) is 1. The minimum absolute atomic E-state index is 0.237. The molecular weight excluding hydrogens is 481 g/mol. The van der Waals surface area contributed by atoms with Crippen LogP contribution in [-0.4, -0.2) is 23.3 Å². The summed E-state index contributed by atoms with van der Waals surface area (Å²) >= 11 is 1.17. The van der Waals surface area contributed by atoms with Gasteiger partial charge in [-0.15, -0.1) is 11.3 Å². The Morgan fingerprint density at radius 3 is 2.72 bits per heavy atom. The van der Waals surface area contributed by atoms with Crippen LogP contribution in [0, 0.1) is 5.82 Å². The summed E-state index contributed by atoms with van der Waals surface area (Å²) < 4.78 is 26.4. The number of amides is 1. The number of thiophene rings is 1. The number of methoxy groups -OCH3 is 1. The molecule has 1 aliphatic carbocycles. The zero-order valence-corrected chi connectivity index (χ0v) is 20.0. The number of nitrogens with one attached hydrogen (secondary N) is 1. The molecule has 0 saturated heterocycles. The van der Waals surface area contributed by atoms with Gasteiger partial charge in [0, 0.05) is 23.8 Å². The van der Waals surface area contributed by atoms with Gasteiger partial charge in [0.25, 0.3) is 12.1 Å². The van der Waals surface area contributed by atoms with Crippen molar-refractivity contribution < 1.29 is 23.1 Å². The maximum atomic E-state index is 14.2. The Morgan fingerprint density at radius 1 is 1.19 bits per heavy atom. The van der Waals surface area contributed by atoms with Crippen molar-refractivity contribution in [3.05, 3.63) is 71.5 Å². The second kappa shape index (κ2) is 8.72. The largest absolute Gasteiger partial charge is 0.497 e. The molecule has 0 aliphatic heterocycles. The van der Waals surface area contributed by atoms with Crippen LogP contribution < -0.4 is 20.5 Å². The summed E-state index contributed by atoms with van der Waals surface area (Å²) in [6.45, 7) is 0. The number of nitrogens with two attached hydrogens (primary N) is 1. The van der Waals surface area contributed by atoms with Crippen molar-refractivity contribution >= 4 is 39.0 Å². The van der Waals surface area contributed by atoms with Crippen molar-refractivity contribution in [1.82, 2.24) is 10.3 Å². The first kappa shape index (κ1) is 22.2. The van der Waals surface area contributed by atoms with Crippen LogP contribution in [0.4, 0.5) is 16.0 Å². The number of benzene rings is 2. The van der Waals surface area contributed by atoms with E-state index in [0.717, 1.165) is 24.2 Å². The summed E-state index contributed by atoms with van der Waals surface area (Å²) in [5.74, 6) is 0.163. The van der Waals surface area contributed by atoms with E-state index in [-0.39, 0.29) is 22.3 Å². The normalized spacial score (nSPS) is 13.2. The lowest BCUT2D eigenvalue weighted by Gasteiger charge is -2.09. The number of anilines is 2. The van der Waals surface area contributed by atoms with Crippen LogP contribution in [0.5, 0.6) is 5.75 Å². The number of nitrogen functional groups attached to an aromatic ring is 1. The summed E-state index contributed by atoms with van der Waals surface area (Å²) in [5.41, 5.74) is 9.61. The van der Waals surface area contributed by atoms with E-state index in [1.165, 1.54) is 23.5 Å². The van der Waals surface area contributed by atoms with E-state index in [4.69, 9.17) is 20.0 Å². The molecule has 3 aromatic heterocycles. The predicted molar refractivity (Wildman–Crippen MR) is 134 cm³/mol. The number of rotatable bonds is 6. The van der Waals surface area contributed by atoms with E-state index in [9.17, 15) is 9.18 Å². The quantitative estimate of drug-likeness (QED) is 0.308. The van der Waals surface area contributed by atoms with Crippen molar-refractivity contribution in [1.29, 1.82) is 0 Å². The molecule has 180 valence electrons. The van der Waals surface area contributed by atoms with Gasteiger partial charge >= 0.3 is 5.88 Å². The summed E-state index contributed by atoms with van der Waals surface area (Å²) in [4.78, 5) is 18.8. The maximum absolute atomic E-state index is 14.2. The van der Waals surface area contributed by atoms with Crippen molar-refractivity contribution in [2.45, 2.75) is 18.9 Å². The highest BCUT2D eigenvalue weighted by atomic mass is 32.1. The molecule has 6 rings (SSSR count). The molecule has 36 heavy (non-hydrogen) atoms. The Labute approximate surface area is 209 Å². The molecule has 0 bridgehead atoms. The standard InChI is InChI=1S/C26H20FN5O3S/c1-34-18-9-5-14(6-10-18)20-12-19(15-3-2-4-16(27)11-15)22-23(28)24(36-26(22)29-20)25(33)30-21-13-32(31-35-21)17-7-8-17/h2-6,9-13,17H,7-8H2,1H3,(H2-,28,30,31,33)/p+1. The topological polar surface area (TPSA) is 107 Å². The lowest BCUT2D eigenvalue weighted by atomic mass is 9.99. The van der Waals surface area contributed by atoms with Gasteiger partial charge in [-0.2, -0.15) is 0 Å². The summed E-state index contributed by atoms with van der Waals surface area (Å²) in [7, 11) is 1.60. The van der Waals surface area contributed by atoms with Gasteiger partial charge in [-0.1, -0.05) is 12.1 Å². The highest BCUT2D eigenvalue weighted by Crippen LogP contribution is 2.42. The summed E-state index contributed by atoms with van der Waals surface area (Å²) in [6.07, 6.45) is 3.75. The second-order valence-electron chi connectivity index (χ2n) is 8.55. The van der Waals surface area contributed by atoms with Gasteiger partial charge in [-0.25, -0.2) is 9.37 Å². The monoisotopic (exact) mass is 502 g/mol. The Bertz CT molecular complexity index is 1610. The molecule has 1 amide bonds. The summed E-state index contributed by atoms with van der Waals surface area (Å²) in [6, 6.07) is 15.9.